The van der Waals surface area contributed by atoms with Crippen molar-refractivity contribution in [1.29, 1.82) is 0 Å². The lowest BCUT2D eigenvalue weighted by Crippen LogP contribution is -2.48. The van der Waals surface area contributed by atoms with E-state index >= 15 is 0 Å². The van der Waals surface area contributed by atoms with Crippen LogP contribution in [0.1, 0.15) is 25.0 Å². The molecule has 25 heavy (non-hydrogen) atoms. The van der Waals surface area contributed by atoms with Gasteiger partial charge >= 0.3 is 6.18 Å². The van der Waals surface area contributed by atoms with Crippen molar-refractivity contribution >= 4 is 29.9 Å². The lowest BCUT2D eigenvalue weighted by molar-refractivity contribution is -0.132. The number of nitrogens with zero attached hydrogens (tertiary/aromatic N) is 3. The lowest BCUT2D eigenvalue weighted by Gasteiger charge is -2.32. The molecule has 1 fully saturated rings. The number of hydrogen-bond donors (Lipinski definition) is 2. The van der Waals surface area contributed by atoms with Crippen LogP contribution in [0.25, 0.3) is 0 Å². The van der Waals surface area contributed by atoms with Crippen LogP contribution in [-0.4, -0.2) is 54.7 Å². The molecule has 1 aliphatic rings. The van der Waals surface area contributed by atoms with Crippen molar-refractivity contribution in [2.24, 2.45) is 4.99 Å². The SMILES string of the molecule is CN=C(NCCC(F)(F)F)NC1CCN(Cc2ccccn2)CC1.I. The molecule has 0 saturated carbocycles. The first-order chi connectivity index (χ1) is 11.5. The number of likely N-dealkylation sites (tertiary alicyclic amines) is 1. The van der Waals surface area contributed by atoms with E-state index in [2.05, 4.69) is 25.5 Å². The number of halogens is 4. The Balaban J connectivity index is 0.00000312. The van der Waals surface area contributed by atoms with Crippen LogP contribution >= 0.6 is 24.0 Å². The predicted molar refractivity (Wildman–Crippen MR) is 103 cm³/mol. The molecule has 1 saturated heterocycles. The Hall–Kier alpha value is -1.10. The van der Waals surface area contributed by atoms with E-state index in [-0.39, 0.29) is 36.6 Å². The van der Waals surface area contributed by atoms with Gasteiger partial charge in [-0.3, -0.25) is 14.9 Å². The zero-order chi connectivity index (χ0) is 17.4. The molecule has 0 bridgehead atoms. The Morgan fingerprint density at radius 1 is 1.32 bits per heavy atom. The van der Waals surface area contributed by atoms with Gasteiger partial charge in [-0.25, -0.2) is 0 Å². The van der Waals surface area contributed by atoms with E-state index in [1.54, 1.807) is 13.2 Å². The molecule has 0 unspecified atom stereocenters. The Morgan fingerprint density at radius 2 is 2.04 bits per heavy atom. The second kappa shape index (κ2) is 10.8. The number of piperidine rings is 1. The van der Waals surface area contributed by atoms with Gasteiger partial charge in [0.1, 0.15) is 0 Å². The third kappa shape index (κ3) is 8.70. The standard InChI is InChI=1S/C16H24F3N5.HI/c1-20-15(22-9-7-16(17,18)19)23-13-5-10-24(11-6-13)12-14-4-2-3-8-21-14;/h2-4,8,13H,5-7,9-12H2,1H3,(H2,20,22,23);1H. The first kappa shape index (κ1) is 21.9. The molecule has 1 aromatic rings. The van der Waals surface area contributed by atoms with Gasteiger partial charge in [0.25, 0.3) is 0 Å². The monoisotopic (exact) mass is 471 g/mol. The van der Waals surface area contributed by atoms with E-state index in [1.165, 1.54) is 0 Å². The first-order valence-corrected chi connectivity index (χ1v) is 8.12. The van der Waals surface area contributed by atoms with Gasteiger partial charge in [0, 0.05) is 45.5 Å². The Bertz CT molecular complexity index is 516. The summed E-state index contributed by atoms with van der Waals surface area (Å²) < 4.78 is 36.5. The fourth-order valence-electron chi connectivity index (χ4n) is 2.67. The number of aromatic nitrogens is 1. The minimum atomic E-state index is -4.15. The first-order valence-electron chi connectivity index (χ1n) is 8.12. The zero-order valence-corrected chi connectivity index (χ0v) is 16.6. The number of nitrogens with one attached hydrogen (secondary N) is 2. The zero-order valence-electron chi connectivity index (χ0n) is 14.2. The third-order valence-corrected chi connectivity index (χ3v) is 3.96. The van der Waals surface area contributed by atoms with Crippen molar-refractivity contribution in [1.82, 2.24) is 20.5 Å². The largest absolute Gasteiger partial charge is 0.390 e. The third-order valence-electron chi connectivity index (χ3n) is 3.96. The topological polar surface area (TPSA) is 52.6 Å². The molecule has 0 aromatic carbocycles. The molecule has 1 aromatic heterocycles. The summed E-state index contributed by atoms with van der Waals surface area (Å²) in [5.41, 5.74) is 1.05. The van der Waals surface area contributed by atoms with Gasteiger partial charge < -0.3 is 10.6 Å². The highest BCUT2D eigenvalue weighted by molar-refractivity contribution is 14.0. The van der Waals surface area contributed by atoms with Crippen LogP contribution in [-0.2, 0) is 6.54 Å². The quantitative estimate of drug-likeness (QED) is 0.394. The molecule has 0 aliphatic carbocycles. The molecular formula is C16H25F3IN5. The van der Waals surface area contributed by atoms with Crippen LogP contribution in [0.5, 0.6) is 0 Å². The molecule has 1 aliphatic heterocycles. The number of aliphatic imine (C=N–C) groups is 1. The van der Waals surface area contributed by atoms with Crippen molar-refractivity contribution < 1.29 is 13.2 Å². The lowest BCUT2D eigenvalue weighted by atomic mass is 10.0. The molecular weight excluding hydrogens is 446 g/mol. The average molecular weight is 471 g/mol. The predicted octanol–water partition coefficient (Wildman–Crippen LogP) is 2.78. The van der Waals surface area contributed by atoms with Crippen molar-refractivity contribution in [3.8, 4) is 0 Å². The van der Waals surface area contributed by atoms with Gasteiger partial charge in [0.2, 0.25) is 0 Å². The second-order valence-electron chi connectivity index (χ2n) is 5.88. The Kier molecular flexibility index (Phi) is 9.47. The van der Waals surface area contributed by atoms with E-state index in [0.717, 1.165) is 38.2 Å². The van der Waals surface area contributed by atoms with Gasteiger partial charge in [-0.15, -0.1) is 24.0 Å². The number of rotatable bonds is 5. The summed E-state index contributed by atoms with van der Waals surface area (Å²) in [6.45, 7) is 2.51. The van der Waals surface area contributed by atoms with Crippen LogP contribution in [0.2, 0.25) is 0 Å². The van der Waals surface area contributed by atoms with E-state index in [0.29, 0.717) is 5.96 Å². The van der Waals surface area contributed by atoms with Crippen molar-refractivity contribution in [2.45, 2.75) is 38.0 Å². The van der Waals surface area contributed by atoms with Crippen LogP contribution in [0.4, 0.5) is 13.2 Å². The summed E-state index contributed by atoms with van der Waals surface area (Å²) in [6.07, 6.45) is -1.38. The molecule has 2 heterocycles. The summed E-state index contributed by atoms with van der Waals surface area (Å²) in [6, 6.07) is 6.11. The maximum Gasteiger partial charge on any atom is 0.390 e. The number of alkyl halides is 3. The van der Waals surface area contributed by atoms with Gasteiger partial charge in [0.05, 0.1) is 12.1 Å². The summed E-state index contributed by atoms with van der Waals surface area (Å²) in [5, 5.41) is 5.93. The van der Waals surface area contributed by atoms with Gasteiger partial charge in [-0.1, -0.05) is 6.07 Å². The Labute approximate surface area is 163 Å². The van der Waals surface area contributed by atoms with Crippen molar-refractivity contribution in [3.05, 3.63) is 30.1 Å². The highest BCUT2D eigenvalue weighted by Crippen LogP contribution is 2.18. The fraction of sp³-hybridized carbons (Fsp3) is 0.625. The van der Waals surface area contributed by atoms with Crippen LogP contribution < -0.4 is 10.6 Å². The molecule has 0 amide bonds. The average Bonchev–Trinajstić information content (AvgIpc) is 2.55. The fourth-order valence-corrected chi connectivity index (χ4v) is 2.67. The molecule has 142 valence electrons. The van der Waals surface area contributed by atoms with Crippen LogP contribution in [0.15, 0.2) is 29.4 Å². The highest BCUT2D eigenvalue weighted by Gasteiger charge is 2.26. The Morgan fingerprint density at radius 3 is 2.60 bits per heavy atom. The number of guanidine groups is 1. The van der Waals surface area contributed by atoms with E-state index < -0.39 is 12.6 Å². The number of hydrogen-bond acceptors (Lipinski definition) is 3. The van der Waals surface area contributed by atoms with Gasteiger partial charge in [0.15, 0.2) is 5.96 Å². The van der Waals surface area contributed by atoms with Crippen molar-refractivity contribution in [2.75, 3.05) is 26.7 Å². The highest BCUT2D eigenvalue weighted by atomic mass is 127. The molecule has 2 N–H and O–H groups in total. The van der Waals surface area contributed by atoms with Gasteiger partial charge in [-0.2, -0.15) is 13.2 Å². The number of pyridine rings is 1. The summed E-state index contributed by atoms with van der Waals surface area (Å²) in [5.74, 6) is 0.433. The molecule has 2 rings (SSSR count). The minimum Gasteiger partial charge on any atom is -0.356 e. The minimum absolute atomic E-state index is 0. The summed E-state index contributed by atoms with van der Waals surface area (Å²) >= 11 is 0. The van der Waals surface area contributed by atoms with Crippen LogP contribution in [0.3, 0.4) is 0 Å². The maximum absolute atomic E-state index is 12.2. The molecule has 0 radical (unpaired) electrons. The molecule has 5 nitrogen and oxygen atoms in total. The van der Waals surface area contributed by atoms with Gasteiger partial charge in [-0.05, 0) is 25.0 Å². The molecule has 0 spiro atoms. The summed E-state index contributed by atoms with van der Waals surface area (Å²) in [7, 11) is 1.57. The smallest absolute Gasteiger partial charge is 0.356 e. The summed E-state index contributed by atoms with van der Waals surface area (Å²) in [4.78, 5) is 10.7. The van der Waals surface area contributed by atoms with Crippen molar-refractivity contribution in [3.63, 3.8) is 0 Å². The van der Waals surface area contributed by atoms with E-state index in [1.807, 2.05) is 18.2 Å². The molecule has 9 heteroatoms. The molecule has 0 atom stereocenters. The maximum atomic E-state index is 12.2. The van der Waals surface area contributed by atoms with E-state index in [9.17, 15) is 13.2 Å². The van der Waals surface area contributed by atoms with E-state index in [4.69, 9.17) is 0 Å². The van der Waals surface area contributed by atoms with Crippen LogP contribution in [0, 0.1) is 0 Å². The normalized spacial score (nSPS) is 17.0. The second-order valence-corrected chi connectivity index (χ2v) is 5.88.